The van der Waals surface area contributed by atoms with Gasteiger partial charge in [-0.3, -0.25) is 0 Å². The highest BCUT2D eigenvalue weighted by atomic mass is 79.9. The Morgan fingerprint density at radius 2 is 1.81 bits per heavy atom. The number of fused-ring (bicyclic) bond motifs is 1. The zero-order valence-electron chi connectivity index (χ0n) is 14.2. The van der Waals surface area contributed by atoms with Gasteiger partial charge in [0.2, 0.25) is 0 Å². The first kappa shape index (κ1) is 17.9. The van der Waals surface area contributed by atoms with Crippen LogP contribution in [0.5, 0.6) is 11.5 Å². The molecule has 0 saturated heterocycles. The number of methoxy groups -OCH3 is 2. The molecule has 0 atom stereocenters. The molecule has 0 unspecified atom stereocenters. The Labute approximate surface area is 159 Å². The molecule has 0 bridgehead atoms. The van der Waals surface area contributed by atoms with Crippen LogP contribution in [-0.4, -0.2) is 30.3 Å². The fraction of sp³-hybridized carbons (Fsp3) is 0.100. The molecule has 6 heteroatoms. The van der Waals surface area contributed by atoms with Gasteiger partial charge in [0.15, 0.2) is 11.5 Å². The first-order valence-electron chi connectivity index (χ1n) is 7.75. The fourth-order valence-corrected chi connectivity index (χ4v) is 2.98. The van der Waals surface area contributed by atoms with E-state index in [0.29, 0.717) is 28.1 Å². The lowest BCUT2D eigenvalue weighted by Gasteiger charge is -2.08. The van der Waals surface area contributed by atoms with E-state index >= 15 is 0 Å². The second kappa shape index (κ2) is 7.58. The molecule has 1 heterocycles. The second-order valence-electron chi connectivity index (χ2n) is 5.51. The van der Waals surface area contributed by atoms with E-state index in [9.17, 15) is 9.90 Å². The summed E-state index contributed by atoms with van der Waals surface area (Å²) in [6.45, 7) is 0. The molecule has 0 aliphatic heterocycles. The maximum absolute atomic E-state index is 11.6. The van der Waals surface area contributed by atoms with E-state index in [4.69, 9.17) is 9.47 Å². The summed E-state index contributed by atoms with van der Waals surface area (Å²) in [5.74, 6) is 0.278. The Balaban J connectivity index is 2.02. The van der Waals surface area contributed by atoms with E-state index in [1.54, 1.807) is 38.5 Å². The van der Waals surface area contributed by atoms with Crippen LogP contribution in [0.1, 0.15) is 21.6 Å². The summed E-state index contributed by atoms with van der Waals surface area (Å²) < 4.78 is 11.3. The molecule has 3 aromatic rings. The molecular formula is C20H16BrNO4. The standard InChI is InChI=1S/C20H16BrNO4/c1-25-18-8-4-12(9-19(18)26-2)3-6-14-11-16(20(23)24)15-10-13(21)5-7-17(15)22-14/h3-11H,1-2H3,(H,23,24). The van der Waals surface area contributed by atoms with E-state index in [1.165, 1.54) is 0 Å². The third-order valence-corrected chi connectivity index (χ3v) is 4.37. The smallest absolute Gasteiger partial charge is 0.336 e. The molecule has 0 aliphatic carbocycles. The van der Waals surface area contributed by atoms with Gasteiger partial charge >= 0.3 is 5.97 Å². The summed E-state index contributed by atoms with van der Waals surface area (Å²) in [7, 11) is 3.16. The number of pyridine rings is 1. The van der Waals surface area contributed by atoms with Crippen molar-refractivity contribution >= 4 is 45.0 Å². The van der Waals surface area contributed by atoms with Crippen molar-refractivity contribution in [2.24, 2.45) is 0 Å². The third kappa shape index (κ3) is 3.70. The van der Waals surface area contributed by atoms with Gasteiger partial charge in [0, 0.05) is 9.86 Å². The Hall–Kier alpha value is -2.86. The van der Waals surface area contributed by atoms with Gasteiger partial charge < -0.3 is 14.6 Å². The Morgan fingerprint density at radius 1 is 1.04 bits per heavy atom. The molecule has 0 aliphatic rings. The van der Waals surface area contributed by atoms with Crippen LogP contribution >= 0.6 is 15.9 Å². The van der Waals surface area contributed by atoms with Gasteiger partial charge in [-0.05, 0) is 48.0 Å². The Kier molecular flexibility index (Phi) is 5.23. The highest BCUT2D eigenvalue weighted by Gasteiger charge is 2.11. The van der Waals surface area contributed by atoms with Crippen LogP contribution in [0.4, 0.5) is 0 Å². The van der Waals surface area contributed by atoms with Crippen molar-refractivity contribution in [1.82, 2.24) is 4.98 Å². The second-order valence-corrected chi connectivity index (χ2v) is 6.42. The predicted octanol–water partition coefficient (Wildman–Crippen LogP) is 4.88. The number of benzene rings is 2. The Morgan fingerprint density at radius 3 is 2.50 bits per heavy atom. The highest BCUT2D eigenvalue weighted by Crippen LogP contribution is 2.28. The molecule has 2 aromatic carbocycles. The zero-order chi connectivity index (χ0) is 18.7. The van der Waals surface area contributed by atoms with Gasteiger partial charge in [-0.2, -0.15) is 0 Å². The summed E-state index contributed by atoms with van der Waals surface area (Å²) in [6, 6.07) is 12.5. The molecule has 0 fully saturated rings. The summed E-state index contributed by atoms with van der Waals surface area (Å²) in [5, 5.41) is 10.1. The van der Waals surface area contributed by atoms with Crippen LogP contribution in [0, 0.1) is 0 Å². The van der Waals surface area contributed by atoms with E-state index in [0.717, 1.165) is 10.0 Å². The van der Waals surface area contributed by atoms with E-state index in [2.05, 4.69) is 20.9 Å². The first-order chi connectivity index (χ1) is 12.5. The van der Waals surface area contributed by atoms with Crippen LogP contribution in [0.25, 0.3) is 23.1 Å². The minimum atomic E-state index is -0.990. The fourth-order valence-electron chi connectivity index (χ4n) is 2.62. The lowest BCUT2D eigenvalue weighted by Crippen LogP contribution is -2.00. The molecule has 26 heavy (non-hydrogen) atoms. The maximum Gasteiger partial charge on any atom is 0.336 e. The van der Waals surface area contributed by atoms with E-state index < -0.39 is 5.97 Å². The number of carboxylic acid groups (broad SMARTS) is 1. The minimum Gasteiger partial charge on any atom is -0.493 e. The van der Waals surface area contributed by atoms with Crippen molar-refractivity contribution in [3.63, 3.8) is 0 Å². The van der Waals surface area contributed by atoms with Crippen molar-refractivity contribution in [3.8, 4) is 11.5 Å². The van der Waals surface area contributed by atoms with Gasteiger partial charge in [-0.25, -0.2) is 9.78 Å². The van der Waals surface area contributed by atoms with Crippen LogP contribution < -0.4 is 9.47 Å². The number of aromatic nitrogens is 1. The van der Waals surface area contributed by atoms with Crippen molar-refractivity contribution < 1.29 is 19.4 Å². The van der Waals surface area contributed by atoms with Crippen LogP contribution in [0.2, 0.25) is 0 Å². The van der Waals surface area contributed by atoms with Crippen molar-refractivity contribution in [2.75, 3.05) is 14.2 Å². The molecule has 3 rings (SSSR count). The number of halogens is 1. The minimum absolute atomic E-state index is 0.211. The average molecular weight is 414 g/mol. The summed E-state index contributed by atoms with van der Waals surface area (Å²) >= 11 is 3.36. The molecule has 0 radical (unpaired) electrons. The van der Waals surface area contributed by atoms with Crippen molar-refractivity contribution in [1.29, 1.82) is 0 Å². The van der Waals surface area contributed by atoms with Crippen LogP contribution in [0.15, 0.2) is 46.9 Å². The largest absolute Gasteiger partial charge is 0.493 e. The van der Waals surface area contributed by atoms with Crippen molar-refractivity contribution in [3.05, 3.63) is 63.8 Å². The summed E-state index contributed by atoms with van der Waals surface area (Å²) in [4.78, 5) is 16.1. The van der Waals surface area contributed by atoms with Gasteiger partial charge in [-0.15, -0.1) is 0 Å². The van der Waals surface area contributed by atoms with Crippen LogP contribution in [0.3, 0.4) is 0 Å². The number of ether oxygens (including phenoxy) is 2. The molecule has 0 saturated carbocycles. The van der Waals surface area contributed by atoms with Gasteiger partial charge in [-0.1, -0.05) is 28.1 Å². The molecule has 132 valence electrons. The Bertz CT molecular complexity index is 1010. The SMILES string of the molecule is COc1ccc(C=Cc2cc(C(=O)O)c3cc(Br)ccc3n2)cc1OC. The maximum atomic E-state index is 11.6. The topological polar surface area (TPSA) is 68.7 Å². The number of rotatable bonds is 5. The molecule has 0 amide bonds. The van der Waals surface area contributed by atoms with Crippen LogP contribution in [-0.2, 0) is 0 Å². The van der Waals surface area contributed by atoms with Gasteiger partial charge in [0.1, 0.15) is 0 Å². The number of hydrogen-bond acceptors (Lipinski definition) is 4. The number of hydrogen-bond donors (Lipinski definition) is 1. The summed E-state index contributed by atoms with van der Waals surface area (Å²) in [6.07, 6.45) is 3.62. The number of aromatic carboxylic acids is 1. The van der Waals surface area contributed by atoms with E-state index in [-0.39, 0.29) is 5.56 Å². The molecule has 0 spiro atoms. The lowest BCUT2D eigenvalue weighted by molar-refractivity contribution is 0.0699. The average Bonchev–Trinajstić information content (AvgIpc) is 2.65. The monoisotopic (exact) mass is 413 g/mol. The number of nitrogens with zero attached hydrogens (tertiary/aromatic N) is 1. The predicted molar refractivity (Wildman–Crippen MR) is 105 cm³/mol. The quantitative estimate of drug-likeness (QED) is 0.645. The molecular weight excluding hydrogens is 398 g/mol. The van der Waals surface area contributed by atoms with E-state index in [1.807, 2.05) is 30.3 Å². The number of carbonyl (C=O) groups is 1. The van der Waals surface area contributed by atoms with Gasteiger partial charge in [0.05, 0.1) is 31.0 Å². The molecule has 1 aromatic heterocycles. The molecule has 1 N–H and O–H groups in total. The van der Waals surface area contributed by atoms with Crippen molar-refractivity contribution in [2.45, 2.75) is 0 Å². The normalized spacial score (nSPS) is 11.0. The first-order valence-corrected chi connectivity index (χ1v) is 8.55. The lowest BCUT2D eigenvalue weighted by atomic mass is 10.1. The third-order valence-electron chi connectivity index (χ3n) is 3.88. The highest BCUT2D eigenvalue weighted by molar-refractivity contribution is 9.10. The summed E-state index contributed by atoms with van der Waals surface area (Å²) in [5.41, 5.74) is 2.28. The zero-order valence-corrected chi connectivity index (χ0v) is 15.8. The van der Waals surface area contributed by atoms with Gasteiger partial charge in [0.25, 0.3) is 0 Å². The molecule has 5 nitrogen and oxygen atoms in total. The number of carboxylic acids is 1.